The van der Waals surface area contributed by atoms with Gasteiger partial charge in [-0.2, -0.15) is 4.31 Å². The molecule has 0 saturated heterocycles. The lowest BCUT2D eigenvalue weighted by atomic mass is 9.95. The van der Waals surface area contributed by atoms with Crippen molar-refractivity contribution in [2.24, 2.45) is 0 Å². The van der Waals surface area contributed by atoms with Crippen molar-refractivity contribution in [2.45, 2.75) is 37.4 Å². The van der Waals surface area contributed by atoms with E-state index in [9.17, 15) is 13.2 Å². The highest BCUT2D eigenvalue weighted by Gasteiger charge is 2.39. The number of benzene rings is 4. The molecule has 6 nitrogen and oxygen atoms in total. The first-order chi connectivity index (χ1) is 17.9. The van der Waals surface area contributed by atoms with E-state index in [0.29, 0.717) is 24.5 Å². The van der Waals surface area contributed by atoms with E-state index in [2.05, 4.69) is 5.32 Å². The van der Waals surface area contributed by atoms with E-state index < -0.39 is 16.1 Å². The molecule has 1 amide bonds. The molecule has 4 aromatic carbocycles. The van der Waals surface area contributed by atoms with Gasteiger partial charge in [0, 0.05) is 12.2 Å². The summed E-state index contributed by atoms with van der Waals surface area (Å²) in [5, 5.41) is 2.91. The van der Waals surface area contributed by atoms with Crippen LogP contribution in [0, 0.1) is 6.92 Å². The number of hydrogen-bond donors (Lipinski definition) is 1. The van der Waals surface area contributed by atoms with Gasteiger partial charge in [-0.15, -0.1) is 0 Å². The summed E-state index contributed by atoms with van der Waals surface area (Å²) in [5.74, 6) is 0.306. The van der Waals surface area contributed by atoms with Crippen LogP contribution in [0.25, 0.3) is 0 Å². The molecular weight excluding hydrogens is 484 g/mol. The summed E-state index contributed by atoms with van der Waals surface area (Å²) in [7, 11) is -3.90. The lowest BCUT2D eigenvalue weighted by molar-refractivity contribution is -0.120. The topological polar surface area (TPSA) is 75.7 Å². The number of carbonyl (C=O) groups excluding carboxylic acids is 1. The number of fused-ring (bicyclic) bond motifs is 1. The van der Waals surface area contributed by atoms with Gasteiger partial charge in [0.2, 0.25) is 15.9 Å². The van der Waals surface area contributed by atoms with Crippen molar-refractivity contribution in [1.82, 2.24) is 4.31 Å². The normalized spacial score (nSPS) is 15.5. The number of aryl methyl sites for hydroxylation is 1. The molecule has 0 fully saturated rings. The summed E-state index contributed by atoms with van der Waals surface area (Å²) in [6.07, 6.45) is 0.297. The third-order valence-corrected chi connectivity index (χ3v) is 8.37. The first-order valence-corrected chi connectivity index (χ1v) is 13.6. The summed E-state index contributed by atoms with van der Waals surface area (Å²) in [6, 6.07) is 30.4. The Balaban J connectivity index is 1.35. The molecule has 4 aromatic rings. The average Bonchev–Trinajstić information content (AvgIpc) is 2.92. The van der Waals surface area contributed by atoms with Gasteiger partial charge in [0.05, 0.1) is 4.90 Å². The van der Waals surface area contributed by atoms with Gasteiger partial charge in [-0.1, -0.05) is 72.3 Å². The molecule has 7 heteroatoms. The summed E-state index contributed by atoms with van der Waals surface area (Å²) in [4.78, 5) is 13.6. The molecule has 0 aliphatic carbocycles. The lowest BCUT2D eigenvalue weighted by Crippen LogP contribution is -2.50. The van der Waals surface area contributed by atoms with Crippen LogP contribution in [0.4, 0.5) is 5.69 Å². The van der Waals surface area contributed by atoms with E-state index in [1.165, 1.54) is 4.31 Å². The number of carbonyl (C=O) groups is 1. The van der Waals surface area contributed by atoms with E-state index in [4.69, 9.17) is 4.74 Å². The van der Waals surface area contributed by atoms with Crippen LogP contribution in [0.1, 0.15) is 22.3 Å². The van der Waals surface area contributed by atoms with Crippen LogP contribution in [0.5, 0.6) is 5.75 Å². The van der Waals surface area contributed by atoms with Crippen LogP contribution in [0.2, 0.25) is 0 Å². The van der Waals surface area contributed by atoms with E-state index in [1.807, 2.05) is 61.5 Å². The number of ether oxygens (including phenoxy) is 1. The quantitative estimate of drug-likeness (QED) is 0.363. The maximum atomic E-state index is 13.6. The second kappa shape index (κ2) is 10.6. The van der Waals surface area contributed by atoms with Crippen LogP contribution >= 0.6 is 0 Å². The Hall–Kier alpha value is -3.94. The molecule has 188 valence electrons. The molecule has 0 aromatic heterocycles. The molecule has 1 heterocycles. The van der Waals surface area contributed by atoms with Crippen molar-refractivity contribution in [3.8, 4) is 5.75 Å². The third-order valence-electron chi connectivity index (χ3n) is 6.51. The van der Waals surface area contributed by atoms with Crippen molar-refractivity contribution in [1.29, 1.82) is 0 Å². The number of sulfonamides is 1. The third kappa shape index (κ3) is 5.58. The van der Waals surface area contributed by atoms with Gasteiger partial charge in [-0.3, -0.25) is 4.79 Å². The van der Waals surface area contributed by atoms with Gasteiger partial charge in [-0.25, -0.2) is 8.42 Å². The van der Waals surface area contributed by atoms with Gasteiger partial charge in [0.15, 0.2) is 0 Å². The fourth-order valence-corrected chi connectivity index (χ4v) is 5.99. The zero-order valence-electron chi connectivity index (χ0n) is 20.5. The predicted molar refractivity (Wildman–Crippen MR) is 144 cm³/mol. The van der Waals surface area contributed by atoms with E-state index >= 15 is 0 Å². The van der Waals surface area contributed by atoms with E-state index in [1.54, 1.807) is 48.5 Å². The van der Waals surface area contributed by atoms with Crippen molar-refractivity contribution in [3.05, 3.63) is 125 Å². The first kappa shape index (κ1) is 24.7. The Morgan fingerprint density at radius 2 is 1.51 bits per heavy atom. The van der Waals surface area contributed by atoms with Crippen LogP contribution < -0.4 is 10.1 Å². The SMILES string of the molecule is Cc1ccc(S(=O)(=O)N2Cc3ccccc3C[C@@H]2C(=O)Nc2ccc(OCc3ccccc3)cc2)cc1. The Morgan fingerprint density at radius 3 is 2.22 bits per heavy atom. The number of rotatable bonds is 7. The van der Waals surface area contributed by atoms with Crippen molar-refractivity contribution >= 4 is 21.6 Å². The van der Waals surface area contributed by atoms with Crippen LogP contribution in [-0.4, -0.2) is 24.7 Å². The largest absolute Gasteiger partial charge is 0.489 e. The predicted octanol–water partition coefficient (Wildman–Crippen LogP) is 5.33. The zero-order chi connectivity index (χ0) is 25.8. The maximum Gasteiger partial charge on any atom is 0.244 e. The van der Waals surface area contributed by atoms with Crippen molar-refractivity contribution in [2.75, 3.05) is 5.32 Å². The summed E-state index contributed by atoms with van der Waals surface area (Å²) in [5.41, 5.74) is 4.48. The van der Waals surface area contributed by atoms with Gasteiger partial charge in [-0.05, 0) is 66.4 Å². The Morgan fingerprint density at radius 1 is 0.865 bits per heavy atom. The Kier molecular flexibility index (Phi) is 7.08. The average molecular weight is 513 g/mol. The van der Waals surface area contributed by atoms with Gasteiger partial charge in [0.25, 0.3) is 0 Å². The molecule has 1 N–H and O–H groups in total. The first-order valence-electron chi connectivity index (χ1n) is 12.1. The highest BCUT2D eigenvalue weighted by molar-refractivity contribution is 7.89. The molecular formula is C30H28N2O4S. The van der Waals surface area contributed by atoms with Crippen LogP contribution in [0.15, 0.2) is 108 Å². The monoisotopic (exact) mass is 512 g/mol. The van der Waals surface area contributed by atoms with Gasteiger partial charge in [0.1, 0.15) is 18.4 Å². The second-order valence-corrected chi connectivity index (χ2v) is 11.0. The molecule has 0 spiro atoms. The molecule has 1 aliphatic heterocycles. The summed E-state index contributed by atoms with van der Waals surface area (Å²) >= 11 is 0. The molecule has 0 bridgehead atoms. The lowest BCUT2D eigenvalue weighted by Gasteiger charge is -2.35. The molecule has 0 unspecified atom stereocenters. The van der Waals surface area contributed by atoms with Gasteiger partial charge >= 0.3 is 0 Å². The fraction of sp³-hybridized carbons (Fsp3) is 0.167. The molecule has 5 rings (SSSR count). The number of amides is 1. The standard InChI is InChI=1S/C30H28N2O4S/c1-22-11-17-28(18-12-22)37(34,35)32-20-25-10-6-5-9-24(25)19-29(32)30(33)31-26-13-15-27(16-14-26)36-21-23-7-3-2-4-8-23/h2-18,29H,19-21H2,1H3,(H,31,33)/t29-/m1/s1. The number of nitrogens with one attached hydrogen (secondary N) is 1. The van der Waals surface area contributed by atoms with Crippen LogP contribution in [-0.2, 0) is 34.4 Å². The Bertz CT molecular complexity index is 1490. The minimum Gasteiger partial charge on any atom is -0.489 e. The molecule has 1 atom stereocenters. The molecule has 1 aliphatic rings. The number of hydrogen-bond acceptors (Lipinski definition) is 4. The molecule has 37 heavy (non-hydrogen) atoms. The molecule has 0 saturated carbocycles. The summed E-state index contributed by atoms with van der Waals surface area (Å²) < 4.78 is 34.4. The highest BCUT2D eigenvalue weighted by atomic mass is 32.2. The summed E-state index contributed by atoms with van der Waals surface area (Å²) in [6.45, 7) is 2.48. The van der Waals surface area contributed by atoms with E-state index in [0.717, 1.165) is 22.3 Å². The molecule has 0 radical (unpaired) electrons. The smallest absolute Gasteiger partial charge is 0.244 e. The fourth-order valence-electron chi connectivity index (χ4n) is 4.42. The minimum absolute atomic E-state index is 0.136. The van der Waals surface area contributed by atoms with Crippen molar-refractivity contribution < 1.29 is 17.9 Å². The Labute approximate surface area is 217 Å². The second-order valence-electron chi connectivity index (χ2n) is 9.14. The number of anilines is 1. The zero-order valence-corrected chi connectivity index (χ0v) is 21.3. The maximum absolute atomic E-state index is 13.6. The van der Waals surface area contributed by atoms with E-state index in [-0.39, 0.29) is 17.3 Å². The minimum atomic E-state index is -3.90. The van der Waals surface area contributed by atoms with Gasteiger partial charge < -0.3 is 10.1 Å². The highest BCUT2D eigenvalue weighted by Crippen LogP contribution is 2.30. The van der Waals surface area contributed by atoms with Crippen LogP contribution in [0.3, 0.4) is 0 Å². The number of nitrogens with zero attached hydrogens (tertiary/aromatic N) is 1. The van der Waals surface area contributed by atoms with Crippen molar-refractivity contribution in [3.63, 3.8) is 0 Å².